The van der Waals surface area contributed by atoms with E-state index in [1.807, 2.05) is 30.3 Å². The molecule has 8 nitrogen and oxygen atoms in total. The van der Waals surface area contributed by atoms with E-state index in [2.05, 4.69) is 0 Å². The fourth-order valence-corrected chi connectivity index (χ4v) is 4.25. The topological polar surface area (TPSA) is 128 Å². The van der Waals surface area contributed by atoms with Crippen LogP contribution in [0.2, 0.25) is 5.02 Å². The molecule has 1 aliphatic heterocycles. The number of halogens is 1. The van der Waals surface area contributed by atoms with Crippen LogP contribution in [0, 0.1) is 5.41 Å². The number of nitrogen functional groups attached to an aromatic ring is 1. The van der Waals surface area contributed by atoms with E-state index in [1.54, 1.807) is 41.3 Å². The maximum atomic E-state index is 13.5. The van der Waals surface area contributed by atoms with Crippen molar-refractivity contribution in [3.63, 3.8) is 0 Å². The second-order valence-electron chi connectivity index (χ2n) is 8.62. The molecule has 2 amide bonds. The van der Waals surface area contributed by atoms with Crippen LogP contribution in [0.1, 0.15) is 39.0 Å². The number of nitrogens with one attached hydrogen (secondary N) is 1. The molecule has 4 N–H and O–H groups in total. The predicted molar refractivity (Wildman–Crippen MR) is 138 cm³/mol. The fourth-order valence-electron chi connectivity index (χ4n) is 4.12. The molecular weight excluding hydrogens is 480 g/mol. The zero-order valence-electron chi connectivity index (χ0n) is 19.4. The molecule has 0 radical (unpaired) electrons. The third-order valence-corrected chi connectivity index (χ3v) is 6.27. The lowest BCUT2D eigenvalue weighted by Gasteiger charge is -2.23. The molecular formula is C27H25ClN4O4. The van der Waals surface area contributed by atoms with Gasteiger partial charge in [-0.3, -0.25) is 19.8 Å². The van der Waals surface area contributed by atoms with Crippen LogP contribution >= 0.6 is 11.6 Å². The number of carbonyl (C=O) groups excluding carboxylic acids is 2. The summed E-state index contributed by atoms with van der Waals surface area (Å²) in [5, 5.41) is 17.2. The van der Waals surface area contributed by atoms with Crippen LogP contribution in [-0.2, 0) is 22.6 Å². The summed E-state index contributed by atoms with van der Waals surface area (Å²) in [5.41, 5.74) is 9.66. The van der Waals surface area contributed by atoms with E-state index in [-0.39, 0.29) is 43.7 Å². The molecule has 0 aromatic heterocycles. The van der Waals surface area contributed by atoms with Gasteiger partial charge in [0.2, 0.25) is 5.91 Å². The summed E-state index contributed by atoms with van der Waals surface area (Å²) in [7, 11) is 0. The first-order valence-corrected chi connectivity index (χ1v) is 11.7. The van der Waals surface area contributed by atoms with Gasteiger partial charge in [-0.05, 0) is 47.4 Å². The maximum absolute atomic E-state index is 13.5. The molecule has 0 fully saturated rings. The average Bonchev–Trinajstić information content (AvgIpc) is 2.94. The Labute approximate surface area is 213 Å². The summed E-state index contributed by atoms with van der Waals surface area (Å²) < 4.78 is 0. The highest BCUT2D eigenvalue weighted by Crippen LogP contribution is 2.30. The zero-order valence-corrected chi connectivity index (χ0v) is 20.2. The van der Waals surface area contributed by atoms with E-state index in [0.29, 0.717) is 28.3 Å². The molecule has 0 atom stereocenters. The minimum atomic E-state index is -1.04. The van der Waals surface area contributed by atoms with Gasteiger partial charge in [0.25, 0.3) is 5.91 Å². The van der Waals surface area contributed by atoms with Crippen molar-refractivity contribution in [3.8, 4) is 0 Å². The third kappa shape index (κ3) is 5.72. The van der Waals surface area contributed by atoms with Crippen molar-refractivity contribution < 1.29 is 19.5 Å². The van der Waals surface area contributed by atoms with Crippen LogP contribution in [0.15, 0.2) is 66.7 Å². The van der Waals surface area contributed by atoms with Crippen LogP contribution < -0.4 is 10.6 Å². The van der Waals surface area contributed by atoms with E-state index < -0.39 is 5.97 Å². The summed E-state index contributed by atoms with van der Waals surface area (Å²) in [6, 6.07) is 19.8. The summed E-state index contributed by atoms with van der Waals surface area (Å²) in [4.78, 5) is 40.7. The van der Waals surface area contributed by atoms with Crippen molar-refractivity contribution in [1.29, 1.82) is 5.41 Å². The lowest BCUT2D eigenvalue weighted by atomic mass is 9.99. The van der Waals surface area contributed by atoms with Gasteiger partial charge in [0.15, 0.2) is 0 Å². The highest BCUT2D eigenvalue weighted by atomic mass is 35.5. The van der Waals surface area contributed by atoms with Crippen LogP contribution in [0.3, 0.4) is 0 Å². The van der Waals surface area contributed by atoms with Gasteiger partial charge >= 0.3 is 5.97 Å². The predicted octanol–water partition coefficient (Wildman–Crippen LogP) is 3.68. The van der Waals surface area contributed by atoms with Crippen LogP contribution in [-0.4, -0.2) is 46.7 Å². The first kappa shape index (κ1) is 24.9. The fraction of sp³-hybridized carbons (Fsp3) is 0.185. The van der Waals surface area contributed by atoms with Gasteiger partial charge in [0.1, 0.15) is 12.4 Å². The minimum Gasteiger partial charge on any atom is -0.481 e. The summed E-state index contributed by atoms with van der Waals surface area (Å²) in [5.74, 6) is -1.73. The number of nitrogens with zero attached hydrogens (tertiary/aromatic N) is 2. The quantitative estimate of drug-likeness (QED) is 0.318. The second kappa shape index (κ2) is 10.6. The molecule has 0 spiro atoms. The molecule has 184 valence electrons. The van der Waals surface area contributed by atoms with Gasteiger partial charge in [0.05, 0.1) is 24.2 Å². The molecule has 0 aliphatic carbocycles. The van der Waals surface area contributed by atoms with E-state index in [4.69, 9.17) is 27.9 Å². The Morgan fingerprint density at radius 2 is 1.61 bits per heavy atom. The summed E-state index contributed by atoms with van der Waals surface area (Å²) in [6.45, 7) is -0.0317. The molecule has 3 aromatic rings. The Morgan fingerprint density at radius 1 is 0.972 bits per heavy atom. The zero-order chi connectivity index (χ0) is 25.8. The molecule has 0 saturated carbocycles. The first-order valence-electron chi connectivity index (χ1n) is 11.3. The molecule has 4 rings (SSSR count). The Bertz CT molecular complexity index is 1320. The van der Waals surface area contributed by atoms with Gasteiger partial charge < -0.3 is 20.6 Å². The van der Waals surface area contributed by atoms with Crippen molar-refractivity contribution in [2.45, 2.75) is 19.4 Å². The Balaban J connectivity index is 1.69. The van der Waals surface area contributed by atoms with Gasteiger partial charge in [-0.25, -0.2) is 0 Å². The van der Waals surface area contributed by atoms with Crippen molar-refractivity contribution in [2.24, 2.45) is 5.73 Å². The van der Waals surface area contributed by atoms with E-state index in [1.165, 1.54) is 4.90 Å². The molecule has 9 heteroatoms. The number of fused-ring (bicyclic) bond motifs is 1. The Hall–Kier alpha value is -4.17. The number of aliphatic carboxylic acids is 1. The van der Waals surface area contributed by atoms with Crippen molar-refractivity contribution in [3.05, 3.63) is 99.6 Å². The number of benzene rings is 3. The van der Waals surface area contributed by atoms with Crippen LogP contribution in [0.25, 0.3) is 0 Å². The maximum Gasteiger partial charge on any atom is 0.305 e. The number of rotatable bonds is 8. The van der Waals surface area contributed by atoms with Gasteiger partial charge in [0, 0.05) is 17.1 Å². The largest absolute Gasteiger partial charge is 0.481 e. The average molecular weight is 505 g/mol. The monoisotopic (exact) mass is 504 g/mol. The highest BCUT2D eigenvalue weighted by Gasteiger charge is 2.32. The van der Waals surface area contributed by atoms with E-state index >= 15 is 0 Å². The van der Waals surface area contributed by atoms with Crippen LogP contribution in [0.4, 0.5) is 5.69 Å². The van der Waals surface area contributed by atoms with Crippen LogP contribution in [0.5, 0.6) is 0 Å². The number of carboxylic acids is 1. The van der Waals surface area contributed by atoms with Crippen molar-refractivity contribution >= 4 is 40.9 Å². The number of hydrogen-bond acceptors (Lipinski definition) is 4. The van der Waals surface area contributed by atoms with Gasteiger partial charge in [-0.15, -0.1) is 0 Å². The Kier molecular flexibility index (Phi) is 7.36. The van der Waals surface area contributed by atoms with Crippen molar-refractivity contribution in [1.82, 2.24) is 4.90 Å². The Morgan fingerprint density at radius 3 is 2.25 bits per heavy atom. The first-order chi connectivity index (χ1) is 17.2. The summed E-state index contributed by atoms with van der Waals surface area (Å²) >= 11 is 6.00. The van der Waals surface area contributed by atoms with Crippen molar-refractivity contribution in [2.75, 3.05) is 18.0 Å². The molecule has 36 heavy (non-hydrogen) atoms. The second-order valence-corrected chi connectivity index (χ2v) is 9.05. The summed E-state index contributed by atoms with van der Waals surface area (Å²) in [6.07, 6.45) is 0.271. The third-order valence-electron chi connectivity index (χ3n) is 6.02. The minimum absolute atomic E-state index is 0.0101. The standard InChI is InChI=1S/C27H25ClN4O4/c28-21-8-3-18(4-9-21)15-32-23-10-5-19(13-17-1-6-20(7-2-17)26(29)30)14-22(23)27(36)31(16-24(32)33)12-11-25(34)35/h1-10,14H,11-13,15-16H2,(H3,29,30)(H,34,35). The van der Waals surface area contributed by atoms with E-state index in [9.17, 15) is 14.4 Å². The lowest BCUT2D eigenvalue weighted by molar-refractivity contribution is -0.137. The van der Waals surface area contributed by atoms with Gasteiger partial charge in [-0.2, -0.15) is 0 Å². The highest BCUT2D eigenvalue weighted by molar-refractivity contribution is 6.30. The number of nitrogens with two attached hydrogens (primary N) is 1. The molecule has 3 aromatic carbocycles. The normalized spacial score (nSPS) is 13.4. The number of carbonyl (C=O) groups is 3. The lowest BCUT2D eigenvalue weighted by Crippen LogP contribution is -2.40. The van der Waals surface area contributed by atoms with Gasteiger partial charge in [-0.1, -0.05) is 54.1 Å². The number of carboxylic acid groups (broad SMARTS) is 1. The molecule has 1 heterocycles. The van der Waals surface area contributed by atoms with E-state index in [0.717, 1.165) is 16.7 Å². The number of amides is 2. The SMILES string of the molecule is N=C(N)c1ccc(Cc2ccc3c(c2)C(=O)N(CCC(=O)O)CC(=O)N3Cc2ccc(Cl)cc2)cc1. The molecule has 0 unspecified atom stereocenters. The number of amidine groups is 1. The molecule has 1 aliphatic rings. The molecule has 0 saturated heterocycles. The number of anilines is 1. The molecule has 0 bridgehead atoms. The number of hydrogen-bond donors (Lipinski definition) is 3. The smallest absolute Gasteiger partial charge is 0.305 e.